The van der Waals surface area contributed by atoms with E-state index < -0.39 is 24.0 Å². The number of halogens is 3. The van der Waals surface area contributed by atoms with E-state index in [0.29, 0.717) is 6.42 Å². The third-order valence-electron chi connectivity index (χ3n) is 1.53. The van der Waals surface area contributed by atoms with Crippen LogP contribution in [0.2, 0.25) is 3.93 Å². The molecule has 0 aromatic carbocycles. The van der Waals surface area contributed by atoms with Crippen LogP contribution >= 0.6 is 0 Å². The van der Waals surface area contributed by atoms with Gasteiger partial charge >= 0.3 is 51.9 Å². The molecule has 1 fully saturated rings. The molecule has 2 atom stereocenters. The molecule has 0 radical (unpaired) electrons. The maximum atomic E-state index is 11.7. The van der Waals surface area contributed by atoms with Gasteiger partial charge in [-0.2, -0.15) is 0 Å². The monoisotopic (exact) mass is 232 g/mol. The minimum absolute atomic E-state index is 0.0224. The second kappa shape index (κ2) is 1.78. The normalized spacial score (nSPS) is 37.5. The van der Waals surface area contributed by atoms with Crippen LogP contribution in [0.5, 0.6) is 0 Å². The Bertz CT molecular complexity index is 97.9. The van der Waals surface area contributed by atoms with Gasteiger partial charge in [-0.05, 0) is 0 Å². The zero-order valence-corrected chi connectivity index (χ0v) is 7.35. The van der Waals surface area contributed by atoms with Crippen molar-refractivity contribution in [2.24, 2.45) is 5.92 Å². The van der Waals surface area contributed by atoms with Crippen molar-refractivity contribution in [2.45, 2.75) is 17.3 Å². The van der Waals surface area contributed by atoms with Gasteiger partial charge in [0.2, 0.25) is 0 Å². The van der Waals surface area contributed by atoms with E-state index in [1.54, 1.807) is 6.92 Å². The summed E-state index contributed by atoms with van der Waals surface area (Å²) in [5.41, 5.74) is 0. The first-order valence-corrected chi connectivity index (χ1v) is 7.47. The zero-order chi connectivity index (χ0) is 6.36. The van der Waals surface area contributed by atoms with Crippen molar-refractivity contribution in [1.29, 1.82) is 0 Å². The molecule has 1 saturated carbocycles. The minimum atomic E-state index is -5.84. The molecule has 8 heavy (non-hydrogen) atoms. The maximum absolute atomic E-state index is 11.7. The molecule has 0 saturated heterocycles. The molecular formula is C4H7F3Sn. The van der Waals surface area contributed by atoms with E-state index >= 15 is 0 Å². The molecule has 0 amide bonds. The van der Waals surface area contributed by atoms with E-state index in [2.05, 4.69) is 0 Å². The van der Waals surface area contributed by atoms with E-state index in [0.717, 1.165) is 0 Å². The van der Waals surface area contributed by atoms with Crippen LogP contribution in [-0.2, 0) is 0 Å². The average Bonchev–Trinajstić information content (AvgIpc) is 2.13. The van der Waals surface area contributed by atoms with Gasteiger partial charge in [0.05, 0.1) is 0 Å². The van der Waals surface area contributed by atoms with Gasteiger partial charge in [-0.1, -0.05) is 0 Å². The number of hydrogen-bond acceptors (Lipinski definition) is 0. The molecule has 0 aromatic rings. The SMILES string of the molecule is C[C@@H]1C[C@H]1[Sn]([F])([F])[F]. The molecule has 0 aliphatic heterocycles. The van der Waals surface area contributed by atoms with Crippen LogP contribution in [0.15, 0.2) is 0 Å². The summed E-state index contributed by atoms with van der Waals surface area (Å²) in [7, 11) is 0. The Morgan fingerprint density at radius 2 is 1.75 bits per heavy atom. The topological polar surface area (TPSA) is 0 Å². The van der Waals surface area contributed by atoms with Crippen LogP contribution in [0.25, 0.3) is 0 Å². The van der Waals surface area contributed by atoms with Gasteiger partial charge in [0.25, 0.3) is 0 Å². The Morgan fingerprint density at radius 3 is 1.75 bits per heavy atom. The zero-order valence-electron chi connectivity index (χ0n) is 4.50. The van der Waals surface area contributed by atoms with Crippen molar-refractivity contribution in [3.8, 4) is 0 Å². The van der Waals surface area contributed by atoms with Crippen molar-refractivity contribution >= 4 is 20.1 Å². The predicted octanol–water partition coefficient (Wildman–Crippen LogP) is 2.24. The third kappa shape index (κ3) is 1.30. The fourth-order valence-corrected chi connectivity index (χ4v) is 4.44. The second-order valence-corrected chi connectivity index (χ2v) is 7.57. The molecule has 0 nitrogen and oxygen atoms in total. The summed E-state index contributed by atoms with van der Waals surface area (Å²) in [6.45, 7) is 1.68. The first-order valence-electron chi connectivity index (χ1n) is 2.58. The van der Waals surface area contributed by atoms with Crippen LogP contribution < -0.4 is 0 Å². The summed E-state index contributed by atoms with van der Waals surface area (Å²) in [5, 5.41) is 0. The van der Waals surface area contributed by atoms with Crippen LogP contribution in [0.4, 0.5) is 8.60 Å². The molecule has 1 aliphatic carbocycles. The van der Waals surface area contributed by atoms with Crippen molar-refractivity contribution < 1.29 is 8.60 Å². The second-order valence-electron chi connectivity index (χ2n) is 2.36. The third-order valence-corrected chi connectivity index (χ3v) is 6.23. The summed E-state index contributed by atoms with van der Waals surface area (Å²) in [4.78, 5) is 0. The van der Waals surface area contributed by atoms with Gasteiger partial charge in [0, 0.05) is 0 Å². The van der Waals surface area contributed by atoms with Crippen LogP contribution in [-0.4, -0.2) is 20.1 Å². The van der Waals surface area contributed by atoms with Gasteiger partial charge in [-0.15, -0.1) is 0 Å². The first-order chi connectivity index (χ1) is 3.52. The van der Waals surface area contributed by atoms with E-state index in [9.17, 15) is 8.60 Å². The van der Waals surface area contributed by atoms with E-state index in [4.69, 9.17) is 0 Å². The molecular weight excluding hydrogens is 224 g/mol. The van der Waals surface area contributed by atoms with Crippen LogP contribution in [0, 0.1) is 5.92 Å². The fourth-order valence-electron chi connectivity index (χ4n) is 0.778. The number of hydrogen-bond donors (Lipinski definition) is 0. The molecule has 1 rings (SSSR count). The Morgan fingerprint density at radius 1 is 1.38 bits per heavy atom. The van der Waals surface area contributed by atoms with E-state index in [1.165, 1.54) is 0 Å². The Hall–Kier alpha value is 0.589. The molecule has 4 heteroatoms. The Balaban J connectivity index is 2.39. The Kier molecular flexibility index (Phi) is 1.50. The van der Waals surface area contributed by atoms with Crippen molar-refractivity contribution in [1.82, 2.24) is 0 Å². The van der Waals surface area contributed by atoms with Crippen LogP contribution in [0.1, 0.15) is 13.3 Å². The summed E-state index contributed by atoms with van der Waals surface area (Å²) < 4.78 is 34.3. The molecule has 0 aromatic heterocycles. The average molecular weight is 231 g/mol. The number of rotatable bonds is 1. The fraction of sp³-hybridized carbons (Fsp3) is 1.00. The van der Waals surface area contributed by atoms with E-state index in [1.807, 2.05) is 0 Å². The van der Waals surface area contributed by atoms with Crippen molar-refractivity contribution in [3.05, 3.63) is 0 Å². The molecule has 0 bridgehead atoms. The summed E-state index contributed by atoms with van der Waals surface area (Å²) >= 11 is -5.84. The van der Waals surface area contributed by atoms with Gasteiger partial charge in [0.1, 0.15) is 0 Å². The van der Waals surface area contributed by atoms with Gasteiger partial charge in [-0.3, -0.25) is 0 Å². The summed E-state index contributed by atoms with van der Waals surface area (Å²) in [5.74, 6) is -0.0224. The summed E-state index contributed by atoms with van der Waals surface area (Å²) in [6, 6.07) is 0. The van der Waals surface area contributed by atoms with E-state index in [-0.39, 0.29) is 5.92 Å². The van der Waals surface area contributed by atoms with Crippen molar-refractivity contribution in [3.63, 3.8) is 0 Å². The quantitative estimate of drug-likeness (QED) is 0.607. The molecule has 1 aliphatic rings. The van der Waals surface area contributed by atoms with Gasteiger partial charge < -0.3 is 0 Å². The van der Waals surface area contributed by atoms with Crippen molar-refractivity contribution in [2.75, 3.05) is 0 Å². The standard InChI is InChI=1S/C4H7.3FH.Sn/c1-4-2-3-4;;;;/h2,4H,3H2,1H3;3*1H;/q;;;;+3/p-3/t4-;;;;/m0..../s1. The first kappa shape index (κ1) is 6.71. The molecule has 0 heterocycles. The molecule has 48 valence electrons. The van der Waals surface area contributed by atoms with Crippen LogP contribution in [0.3, 0.4) is 0 Å². The molecule has 0 spiro atoms. The summed E-state index contributed by atoms with van der Waals surface area (Å²) in [6.07, 6.45) is 0.430. The van der Waals surface area contributed by atoms with Gasteiger partial charge in [0.15, 0.2) is 0 Å². The van der Waals surface area contributed by atoms with Gasteiger partial charge in [-0.25, -0.2) is 0 Å². The Labute approximate surface area is 52.3 Å². The molecule has 0 unspecified atom stereocenters. The predicted molar refractivity (Wildman–Crippen MR) is 26.6 cm³/mol. The molecule has 0 N–H and O–H groups in total.